The molecular weight excluding hydrogens is 378 g/mol. The van der Waals surface area contributed by atoms with Crippen LogP contribution in [0.3, 0.4) is 0 Å². The van der Waals surface area contributed by atoms with Crippen LogP contribution in [0.4, 0.5) is 4.39 Å². The summed E-state index contributed by atoms with van der Waals surface area (Å²) in [5, 5.41) is 3.95. The minimum atomic E-state index is -0.462. The van der Waals surface area contributed by atoms with Gasteiger partial charge in [0.05, 0.1) is 19.6 Å². The summed E-state index contributed by atoms with van der Waals surface area (Å²) in [5.41, 5.74) is 1.55. The fraction of sp³-hybridized carbons (Fsp3) is 0.316. The maximum atomic E-state index is 13.9. The fourth-order valence-corrected chi connectivity index (χ4v) is 3.38. The van der Waals surface area contributed by atoms with E-state index in [2.05, 4.69) is 5.32 Å². The van der Waals surface area contributed by atoms with Crippen molar-refractivity contribution in [2.24, 2.45) is 0 Å². The highest BCUT2D eigenvalue weighted by Gasteiger charge is 2.29. The zero-order valence-corrected chi connectivity index (χ0v) is 15.9. The van der Waals surface area contributed by atoms with Crippen molar-refractivity contribution in [2.45, 2.75) is 12.5 Å². The molecule has 0 radical (unpaired) electrons. The van der Waals surface area contributed by atoms with Gasteiger partial charge in [-0.1, -0.05) is 35.9 Å². The van der Waals surface area contributed by atoms with E-state index in [1.807, 2.05) is 29.2 Å². The highest BCUT2D eigenvalue weighted by Crippen LogP contribution is 2.29. The normalized spacial score (nSPS) is 16.7. The number of carbonyl (C=O) groups excluding carboxylic acids is 1. The van der Waals surface area contributed by atoms with Gasteiger partial charge < -0.3 is 15.0 Å². The van der Waals surface area contributed by atoms with Gasteiger partial charge in [-0.15, -0.1) is 12.4 Å². The van der Waals surface area contributed by atoms with Gasteiger partial charge in [-0.05, 0) is 29.3 Å². The van der Waals surface area contributed by atoms with E-state index in [0.717, 1.165) is 12.1 Å². The number of benzene rings is 2. The topological polar surface area (TPSA) is 41.6 Å². The van der Waals surface area contributed by atoms with Crippen molar-refractivity contribution in [3.8, 4) is 5.75 Å². The third-order valence-electron chi connectivity index (χ3n) is 4.40. The Labute approximate surface area is 163 Å². The SMILES string of the molecule is COc1ccc(CC(=O)N2CCNCC2c2ccccc2Cl)cc1F.Cl. The molecule has 1 N–H and O–H groups in total. The van der Waals surface area contributed by atoms with E-state index in [1.165, 1.54) is 13.2 Å². The summed E-state index contributed by atoms with van der Waals surface area (Å²) in [6.45, 7) is 1.96. The highest BCUT2D eigenvalue weighted by molar-refractivity contribution is 6.31. The van der Waals surface area contributed by atoms with Gasteiger partial charge in [0.15, 0.2) is 11.6 Å². The number of hydrogen-bond donors (Lipinski definition) is 1. The lowest BCUT2D eigenvalue weighted by Gasteiger charge is -2.37. The maximum Gasteiger partial charge on any atom is 0.227 e. The van der Waals surface area contributed by atoms with Crippen molar-refractivity contribution >= 4 is 29.9 Å². The van der Waals surface area contributed by atoms with Gasteiger partial charge >= 0.3 is 0 Å². The molecule has 1 atom stereocenters. The van der Waals surface area contributed by atoms with E-state index in [4.69, 9.17) is 16.3 Å². The average molecular weight is 399 g/mol. The molecule has 1 aliphatic heterocycles. The Bertz CT molecular complexity index is 773. The van der Waals surface area contributed by atoms with Crippen LogP contribution in [0.25, 0.3) is 0 Å². The summed E-state index contributed by atoms with van der Waals surface area (Å²) in [5.74, 6) is -0.334. The Morgan fingerprint density at radius 3 is 2.81 bits per heavy atom. The summed E-state index contributed by atoms with van der Waals surface area (Å²) in [6, 6.07) is 12.0. The molecule has 2 aromatic carbocycles. The second kappa shape index (κ2) is 9.21. The smallest absolute Gasteiger partial charge is 0.227 e. The molecule has 26 heavy (non-hydrogen) atoms. The van der Waals surface area contributed by atoms with Crippen LogP contribution in [-0.4, -0.2) is 37.6 Å². The van der Waals surface area contributed by atoms with Crippen LogP contribution in [0.1, 0.15) is 17.2 Å². The van der Waals surface area contributed by atoms with Gasteiger partial charge in [0.25, 0.3) is 0 Å². The summed E-state index contributed by atoms with van der Waals surface area (Å²) in [4.78, 5) is 14.6. The molecule has 0 bridgehead atoms. The lowest BCUT2D eigenvalue weighted by Crippen LogP contribution is -2.49. The van der Waals surface area contributed by atoms with E-state index in [1.54, 1.807) is 12.1 Å². The standard InChI is InChI=1S/C19H20ClFN2O2.ClH/c1-25-18-7-6-13(10-16(18)21)11-19(24)23-9-8-22-12-17(23)14-4-2-3-5-15(14)20;/h2-7,10,17,22H,8-9,11-12H2,1H3;1H. The van der Waals surface area contributed by atoms with Crippen molar-refractivity contribution in [1.29, 1.82) is 0 Å². The summed E-state index contributed by atoms with van der Waals surface area (Å²) >= 11 is 6.31. The van der Waals surface area contributed by atoms with Crippen molar-refractivity contribution in [2.75, 3.05) is 26.7 Å². The number of hydrogen-bond acceptors (Lipinski definition) is 3. The van der Waals surface area contributed by atoms with Gasteiger partial charge in [0.1, 0.15) is 0 Å². The van der Waals surface area contributed by atoms with Crippen LogP contribution in [-0.2, 0) is 11.2 Å². The van der Waals surface area contributed by atoms with E-state index in [9.17, 15) is 9.18 Å². The Morgan fingerprint density at radius 2 is 2.12 bits per heavy atom. The molecule has 1 unspecified atom stereocenters. The van der Waals surface area contributed by atoms with Crippen LogP contribution < -0.4 is 10.1 Å². The summed E-state index contributed by atoms with van der Waals surface area (Å²) in [7, 11) is 1.41. The molecule has 1 fully saturated rings. The number of carbonyl (C=O) groups is 1. The largest absolute Gasteiger partial charge is 0.494 e. The first-order valence-electron chi connectivity index (χ1n) is 8.17. The fourth-order valence-electron chi connectivity index (χ4n) is 3.12. The third kappa shape index (κ3) is 4.47. The zero-order chi connectivity index (χ0) is 17.8. The number of halogens is 3. The molecule has 1 amide bonds. The van der Waals surface area contributed by atoms with Crippen molar-refractivity contribution < 1.29 is 13.9 Å². The van der Waals surface area contributed by atoms with Crippen LogP contribution in [0.2, 0.25) is 5.02 Å². The van der Waals surface area contributed by atoms with E-state index in [0.29, 0.717) is 23.7 Å². The average Bonchev–Trinajstić information content (AvgIpc) is 2.62. The number of ether oxygens (including phenoxy) is 1. The highest BCUT2D eigenvalue weighted by atomic mass is 35.5. The Hall–Kier alpha value is -1.82. The predicted molar refractivity (Wildman–Crippen MR) is 103 cm³/mol. The Morgan fingerprint density at radius 1 is 1.35 bits per heavy atom. The first-order chi connectivity index (χ1) is 12.1. The third-order valence-corrected chi connectivity index (χ3v) is 4.74. The summed E-state index contributed by atoms with van der Waals surface area (Å²) in [6.07, 6.45) is 0.141. The minimum Gasteiger partial charge on any atom is -0.494 e. The van der Waals surface area contributed by atoms with E-state index < -0.39 is 5.82 Å². The lowest BCUT2D eigenvalue weighted by molar-refractivity contribution is -0.133. The second-order valence-electron chi connectivity index (χ2n) is 5.97. The van der Waals surface area contributed by atoms with Crippen molar-refractivity contribution in [3.05, 3.63) is 64.4 Å². The first kappa shape index (κ1) is 20.5. The van der Waals surface area contributed by atoms with Gasteiger partial charge in [-0.25, -0.2) is 4.39 Å². The minimum absolute atomic E-state index is 0. The van der Waals surface area contributed by atoms with Crippen molar-refractivity contribution in [3.63, 3.8) is 0 Å². The molecule has 0 saturated carbocycles. The molecule has 2 aromatic rings. The van der Waals surface area contributed by atoms with Gasteiger partial charge in [0.2, 0.25) is 5.91 Å². The van der Waals surface area contributed by atoms with Gasteiger partial charge in [0, 0.05) is 24.7 Å². The quantitative estimate of drug-likeness (QED) is 0.854. The number of methoxy groups -OCH3 is 1. The van der Waals surface area contributed by atoms with Crippen LogP contribution >= 0.6 is 24.0 Å². The molecule has 1 heterocycles. The zero-order valence-electron chi connectivity index (χ0n) is 14.4. The molecule has 1 saturated heterocycles. The molecule has 4 nitrogen and oxygen atoms in total. The van der Waals surface area contributed by atoms with Crippen LogP contribution in [0.5, 0.6) is 5.75 Å². The number of rotatable bonds is 4. The predicted octanol–water partition coefficient (Wildman–Crippen LogP) is 3.63. The van der Waals surface area contributed by atoms with Crippen molar-refractivity contribution in [1.82, 2.24) is 10.2 Å². The molecule has 0 aliphatic carbocycles. The number of amides is 1. The van der Waals surface area contributed by atoms with Gasteiger partial charge in [-0.2, -0.15) is 0 Å². The second-order valence-corrected chi connectivity index (χ2v) is 6.38. The monoisotopic (exact) mass is 398 g/mol. The Kier molecular flexibility index (Phi) is 7.26. The lowest BCUT2D eigenvalue weighted by atomic mass is 10.0. The van der Waals surface area contributed by atoms with Crippen LogP contribution in [0, 0.1) is 5.82 Å². The molecular formula is C19H21Cl2FN2O2. The maximum absolute atomic E-state index is 13.9. The number of nitrogens with one attached hydrogen (secondary N) is 1. The number of piperazine rings is 1. The molecule has 7 heteroatoms. The molecule has 0 aromatic heterocycles. The molecule has 1 aliphatic rings. The van der Waals surface area contributed by atoms with E-state index in [-0.39, 0.29) is 36.5 Å². The van der Waals surface area contributed by atoms with E-state index >= 15 is 0 Å². The molecule has 3 rings (SSSR count). The van der Waals surface area contributed by atoms with Gasteiger partial charge in [-0.3, -0.25) is 4.79 Å². The first-order valence-corrected chi connectivity index (χ1v) is 8.55. The molecule has 140 valence electrons. The summed E-state index contributed by atoms with van der Waals surface area (Å²) < 4.78 is 18.8. The van der Waals surface area contributed by atoms with Crippen LogP contribution in [0.15, 0.2) is 42.5 Å². The Balaban J connectivity index is 0.00000243. The number of nitrogens with zero attached hydrogens (tertiary/aromatic N) is 1. The molecule has 0 spiro atoms.